The molecular weight excluding hydrogens is 190 g/mol. The summed E-state index contributed by atoms with van der Waals surface area (Å²) in [6, 6.07) is 7.30. The quantitative estimate of drug-likeness (QED) is 0.602. The van der Waals surface area contributed by atoms with Gasteiger partial charge in [0.25, 0.3) is 0 Å². The highest BCUT2D eigenvalue weighted by atomic mass is 16.5. The van der Waals surface area contributed by atoms with Crippen LogP contribution in [0.4, 0.5) is 5.69 Å². The van der Waals surface area contributed by atoms with Crippen LogP contribution in [0.1, 0.15) is 18.4 Å². The Morgan fingerprint density at radius 2 is 2.00 bits per heavy atom. The number of rotatable bonds is 4. The molecule has 15 heavy (non-hydrogen) atoms. The molecule has 3 nitrogen and oxygen atoms in total. The third kappa shape index (κ3) is 3.27. The SMILES string of the molecule is Nc1ccc(CC(=O)OCC2CC2)cc1. The Morgan fingerprint density at radius 3 is 2.60 bits per heavy atom. The molecule has 0 amide bonds. The number of carbonyl (C=O) groups excluding carboxylic acids is 1. The van der Waals surface area contributed by atoms with Crippen molar-refractivity contribution in [3.05, 3.63) is 29.8 Å². The lowest BCUT2D eigenvalue weighted by Crippen LogP contribution is -2.09. The van der Waals surface area contributed by atoms with Gasteiger partial charge in [-0.2, -0.15) is 0 Å². The molecule has 0 unspecified atom stereocenters. The van der Waals surface area contributed by atoms with Gasteiger partial charge in [0.15, 0.2) is 0 Å². The molecule has 2 N–H and O–H groups in total. The predicted octanol–water partition coefficient (Wildman–Crippen LogP) is 1.76. The summed E-state index contributed by atoms with van der Waals surface area (Å²) in [5.74, 6) is 0.479. The van der Waals surface area contributed by atoms with E-state index in [1.807, 2.05) is 12.1 Å². The number of nitrogens with two attached hydrogens (primary N) is 1. The van der Waals surface area contributed by atoms with Crippen LogP contribution >= 0.6 is 0 Å². The van der Waals surface area contributed by atoms with Crippen LogP contribution in [0.25, 0.3) is 0 Å². The lowest BCUT2D eigenvalue weighted by molar-refractivity contribution is -0.143. The Balaban J connectivity index is 1.79. The Kier molecular flexibility index (Phi) is 2.90. The van der Waals surface area contributed by atoms with Crippen LogP contribution in [-0.4, -0.2) is 12.6 Å². The minimum absolute atomic E-state index is 0.147. The van der Waals surface area contributed by atoms with Crippen LogP contribution in [0.5, 0.6) is 0 Å². The largest absolute Gasteiger partial charge is 0.465 e. The second kappa shape index (κ2) is 4.34. The Bertz CT molecular complexity index is 341. The molecule has 0 spiro atoms. The van der Waals surface area contributed by atoms with Crippen LogP contribution in [0.2, 0.25) is 0 Å². The summed E-state index contributed by atoms with van der Waals surface area (Å²) in [6.45, 7) is 0.591. The van der Waals surface area contributed by atoms with E-state index in [1.165, 1.54) is 12.8 Å². The summed E-state index contributed by atoms with van der Waals surface area (Å²) in [5, 5.41) is 0. The number of ether oxygens (including phenoxy) is 1. The van der Waals surface area contributed by atoms with Gasteiger partial charge in [-0.15, -0.1) is 0 Å². The zero-order chi connectivity index (χ0) is 10.7. The van der Waals surface area contributed by atoms with E-state index in [4.69, 9.17) is 10.5 Å². The molecule has 0 aromatic heterocycles. The Labute approximate surface area is 89.2 Å². The van der Waals surface area contributed by atoms with Crippen molar-refractivity contribution in [3.63, 3.8) is 0 Å². The lowest BCUT2D eigenvalue weighted by Gasteiger charge is -2.03. The highest BCUT2D eigenvalue weighted by Crippen LogP contribution is 2.28. The molecule has 3 heteroatoms. The van der Waals surface area contributed by atoms with E-state index in [0.717, 1.165) is 5.56 Å². The first kappa shape index (κ1) is 10.0. The van der Waals surface area contributed by atoms with Gasteiger partial charge in [-0.05, 0) is 36.5 Å². The van der Waals surface area contributed by atoms with Gasteiger partial charge in [-0.25, -0.2) is 0 Å². The van der Waals surface area contributed by atoms with E-state index in [-0.39, 0.29) is 5.97 Å². The standard InChI is InChI=1S/C12H15NO2/c13-11-5-3-9(4-6-11)7-12(14)15-8-10-1-2-10/h3-6,10H,1-2,7-8,13H2. The molecule has 0 atom stereocenters. The summed E-state index contributed by atoms with van der Waals surface area (Å²) in [4.78, 5) is 11.4. The van der Waals surface area contributed by atoms with Crippen LogP contribution in [0.15, 0.2) is 24.3 Å². The molecule has 0 bridgehead atoms. The molecule has 0 aliphatic heterocycles. The van der Waals surface area contributed by atoms with Crippen molar-refractivity contribution in [2.45, 2.75) is 19.3 Å². The summed E-state index contributed by atoms with van der Waals surface area (Å²) in [6.07, 6.45) is 2.75. The number of esters is 1. The van der Waals surface area contributed by atoms with Crippen molar-refractivity contribution in [1.29, 1.82) is 0 Å². The summed E-state index contributed by atoms with van der Waals surface area (Å²) >= 11 is 0. The third-order valence-corrected chi connectivity index (χ3v) is 2.51. The molecule has 1 aromatic carbocycles. The zero-order valence-electron chi connectivity index (χ0n) is 8.61. The molecule has 80 valence electrons. The molecular formula is C12H15NO2. The Hall–Kier alpha value is -1.51. The van der Waals surface area contributed by atoms with Crippen molar-refractivity contribution in [2.24, 2.45) is 5.92 Å². The fraction of sp³-hybridized carbons (Fsp3) is 0.417. The molecule has 0 heterocycles. The average Bonchev–Trinajstić information content (AvgIpc) is 3.02. The second-order valence-electron chi connectivity index (χ2n) is 4.04. The maximum absolute atomic E-state index is 11.4. The first-order valence-electron chi connectivity index (χ1n) is 5.24. The summed E-state index contributed by atoms with van der Waals surface area (Å²) in [7, 11) is 0. The summed E-state index contributed by atoms with van der Waals surface area (Å²) < 4.78 is 5.13. The monoisotopic (exact) mass is 205 g/mol. The van der Waals surface area contributed by atoms with Gasteiger partial charge < -0.3 is 10.5 Å². The lowest BCUT2D eigenvalue weighted by atomic mass is 10.1. The predicted molar refractivity (Wildman–Crippen MR) is 58.2 cm³/mol. The number of hydrogen-bond acceptors (Lipinski definition) is 3. The highest BCUT2D eigenvalue weighted by molar-refractivity contribution is 5.72. The average molecular weight is 205 g/mol. The molecule has 1 saturated carbocycles. The zero-order valence-corrected chi connectivity index (χ0v) is 8.61. The third-order valence-electron chi connectivity index (χ3n) is 2.51. The Morgan fingerprint density at radius 1 is 1.33 bits per heavy atom. The van der Waals surface area contributed by atoms with Gasteiger partial charge in [0.2, 0.25) is 0 Å². The van der Waals surface area contributed by atoms with Crippen LogP contribution in [0.3, 0.4) is 0 Å². The van der Waals surface area contributed by atoms with E-state index in [2.05, 4.69) is 0 Å². The van der Waals surface area contributed by atoms with Gasteiger partial charge in [0.05, 0.1) is 13.0 Å². The normalized spacial score (nSPS) is 14.9. The van der Waals surface area contributed by atoms with Crippen LogP contribution < -0.4 is 5.73 Å². The molecule has 1 aliphatic carbocycles. The number of benzene rings is 1. The topological polar surface area (TPSA) is 52.3 Å². The fourth-order valence-electron chi connectivity index (χ4n) is 1.35. The van der Waals surface area contributed by atoms with Crippen LogP contribution in [0, 0.1) is 5.92 Å². The van der Waals surface area contributed by atoms with Crippen molar-refractivity contribution in [1.82, 2.24) is 0 Å². The molecule has 2 rings (SSSR count). The number of anilines is 1. The molecule has 0 radical (unpaired) electrons. The maximum Gasteiger partial charge on any atom is 0.310 e. The van der Waals surface area contributed by atoms with Gasteiger partial charge in [0, 0.05) is 5.69 Å². The number of nitrogen functional groups attached to an aromatic ring is 1. The molecule has 1 aromatic rings. The molecule has 1 fully saturated rings. The smallest absolute Gasteiger partial charge is 0.310 e. The van der Waals surface area contributed by atoms with E-state index < -0.39 is 0 Å². The van der Waals surface area contributed by atoms with E-state index in [0.29, 0.717) is 24.6 Å². The maximum atomic E-state index is 11.4. The summed E-state index contributed by atoms with van der Waals surface area (Å²) in [5.41, 5.74) is 7.21. The first-order chi connectivity index (χ1) is 7.24. The minimum Gasteiger partial charge on any atom is -0.465 e. The van der Waals surface area contributed by atoms with Crippen molar-refractivity contribution in [2.75, 3.05) is 12.3 Å². The van der Waals surface area contributed by atoms with Crippen molar-refractivity contribution in [3.8, 4) is 0 Å². The van der Waals surface area contributed by atoms with Crippen molar-refractivity contribution < 1.29 is 9.53 Å². The molecule has 0 saturated heterocycles. The number of hydrogen-bond donors (Lipinski definition) is 1. The molecule has 1 aliphatic rings. The van der Waals surface area contributed by atoms with E-state index in [9.17, 15) is 4.79 Å². The van der Waals surface area contributed by atoms with Crippen molar-refractivity contribution >= 4 is 11.7 Å². The fourth-order valence-corrected chi connectivity index (χ4v) is 1.35. The van der Waals surface area contributed by atoms with Gasteiger partial charge >= 0.3 is 5.97 Å². The van der Waals surface area contributed by atoms with Gasteiger partial charge in [-0.3, -0.25) is 4.79 Å². The van der Waals surface area contributed by atoms with E-state index in [1.54, 1.807) is 12.1 Å². The second-order valence-corrected chi connectivity index (χ2v) is 4.04. The van der Waals surface area contributed by atoms with Gasteiger partial charge in [-0.1, -0.05) is 12.1 Å². The number of carbonyl (C=O) groups is 1. The highest BCUT2D eigenvalue weighted by Gasteiger charge is 2.22. The van der Waals surface area contributed by atoms with Crippen LogP contribution in [-0.2, 0) is 16.0 Å². The first-order valence-corrected chi connectivity index (χ1v) is 5.24. The van der Waals surface area contributed by atoms with Gasteiger partial charge in [0.1, 0.15) is 0 Å². The minimum atomic E-state index is -0.147. The van der Waals surface area contributed by atoms with E-state index >= 15 is 0 Å².